The fourth-order valence-electron chi connectivity index (χ4n) is 2.22. The first-order valence-corrected chi connectivity index (χ1v) is 9.57. The van der Waals surface area contributed by atoms with Gasteiger partial charge in [0.15, 0.2) is 0 Å². The lowest BCUT2D eigenvalue weighted by Gasteiger charge is -2.18. The van der Waals surface area contributed by atoms with Crippen LogP contribution in [-0.4, -0.2) is 21.4 Å². The molecular formula is C18H15Cl3N2OS. The fourth-order valence-corrected chi connectivity index (χ4v) is 3.69. The molecule has 2 aromatic carbocycles. The second-order valence-electron chi connectivity index (χ2n) is 5.34. The molecule has 0 aliphatic heterocycles. The Balaban J connectivity index is 1.68. The van der Waals surface area contributed by atoms with Crippen LogP contribution in [-0.2, 0) is 6.54 Å². The van der Waals surface area contributed by atoms with Gasteiger partial charge in [0.1, 0.15) is 12.4 Å². The lowest BCUT2D eigenvalue weighted by molar-refractivity contribution is 0.308. The average molecular weight is 414 g/mol. The van der Waals surface area contributed by atoms with E-state index < -0.39 is 0 Å². The van der Waals surface area contributed by atoms with Gasteiger partial charge < -0.3 is 9.30 Å². The zero-order valence-corrected chi connectivity index (χ0v) is 16.2. The maximum atomic E-state index is 6.05. The number of hydrogen-bond acceptors (Lipinski definition) is 3. The summed E-state index contributed by atoms with van der Waals surface area (Å²) in [6.07, 6.45) is 5.51. The maximum absolute atomic E-state index is 6.05. The highest BCUT2D eigenvalue weighted by Gasteiger charge is 2.13. The first kappa shape index (κ1) is 18.5. The predicted molar refractivity (Wildman–Crippen MR) is 105 cm³/mol. The van der Waals surface area contributed by atoms with Crippen molar-refractivity contribution in [3.8, 4) is 5.75 Å². The van der Waals surface area contributed by atoms with Gasteiger partial charge in [-0.15, -0.1) is 11.8 Å². The minimum absolute atomic E-state index is 0.185. The number of imidazole rings is 1. The first-order chi connectivity index (χ1) is 12.1. The third-order valence-corrected chi connectivity index (χ3v) is 5.57. The van der Waals surface area contributed by atoms with Crippen LogP contribution in [0.5, 0.6) is 5.75 Å². The van der Waals surface area contributed by atoms with Gasteiger partial charge in [-0.05, 0) is 36.4 Å². The number of aromatic nitrogens is 2. The molecular weight excluding hydrogens is 399 g/mol. The fraction of sp³-hybridized carbons (Fsp3) is 0.167. The number of ether oxygens (including phenoxy) is 1. The molecule has 0 amide bonds. The molecule has 0 fully saturated rings. The molecule has 0 bridgehead atoms. The molecule has 1 atom stereocenters. The Morgan fingerprint density at radius 1 is 1.04 bits per heavy atom. The number of nitrogens with zero attached hydrogens (tertiary/aromatic N) is 2. The third-order valence-electron chi connectivity index (χ3n) is 3.42. The molecule has 1 aromatic heterocycles. The van der Waals surface area contributed by atoms with Gasteiger partial charge in [-0.1, -0.05) is 34.8 Å². The zero-order valence-electron chi connectivity index (χ0n) is 13.1. The molecule has 3 aromatic rings. The van der Waals surface area contributed by atoms with Gasteiger partial charge >= 0.3 is 0 Å². The van der Waals surface area contributed by atoms with Gasteiger partial charge in [0.05, 0.1) is 21.6 Å². The van der Waals surface area contributed by atoms with Gasteiger partial charge in [0.2, 0.25) is 0 Å². The summed E-state index contributed by atoms with van der Waals surface area (Å²) in [7, 11) is 0. The van der Waals surface area contributed by atoms with Crippen molar-refractivity contribution in [3.05, 3.63) is 76.3 Å². The van der Waals surface area contributed by atoms with Crippen molar-refractivity contribution in [2.75, 3.05) is 6.61 Å². The Bertz CT molecular complexity index is 810. The standard InChI is InChI=1S/C18H15Cl3N2OS/c19-13-1-4-15(5-2-13)25-16(10-23-8-7-22-12-23)11-24-14-3-6-17(20)18(21)9-14/h1-9,12,16H,10-11H2. The summed E-state index contributed by atoms with van der Waals surface area (Å²) in [6.45, 7) is 1.29. The van der Waals surface area contributed by atoms with Crippen LogP contribution in [0, 0.1) is 0 Å². The molecule has 25 heavy (non-hydrogen) atoms. The van der Waals surface area contributed by atoms with Gasteiger partial charge in [-0.3, -0.25) is 0 Å². The van der Waals surface area contributed by atoms with Crippen molar-refractivity contribution in [1.82, 2.24) is 9.55 Å². The number of rotatable bonds is 7. The van der Waals surface area contributed by atoms with Crippen LogP contribution in [0.1, 0.15) is 0 Å². The topological polar surface area (TPSA) is 27.1 Å². The highest BCUT2D eigenvalue weighted by molar-refractivity contribution is 8.00. The quantitative estimate of drug-likeness (QED) is 0.439. The average Bonchev–Trinajstić information content (AvgIpc) is 3.11. The summed E-state index contributed by atoms with van der Waals surface area (Å²) in [5, 5.41) is 1.91. The highest BCUT2D eigenvalue weighted by Crippen LogP contribution is 2.29. The molecule has 3 rings (SSSR count). The molecule has 0 aliphatic rings. The summed E-state index contributed by atoms with van der Waals surface area (Å²) >= 11 is 19.7. The van der Waals surface area contributed by atoms with Crippen molar-refractivity contribution in [2.24, 2.45) is 0 Å². The summed E-state index contributed by atoms with van der Waals surface area (Å²) in [4.78, 5) is 5.23. The molecule has 7 heteroatoms. The van der Waals surface area contributed by atoms with Crippen molar-refractivity contribution in [1.29, 1.82) is 0 Å². The van der Waals surface area contributed by atoms with E-state index in [1.165, 1.54) is 0 Å². The van der Waals surface area contributed by atoms with Gasteiger partial charge in [0.25, 0.3) is 0 Å². The Kier molecular flexibility index (Phi) is 6.54. The van der Waals surface area contributed by atoms with Crippen LogP contribution in [0.25, 0.3) is 0 Å². The highest BCUT2D eigenvalue weighted by atomic mass is 35.5. The SMILES string of the molecule is Clc1ccc(SC(COc2ccc(Cl)c(Cl)c2)Cn2ccnc2)cc1. The normalized spacial score (nSPS) is 12.1. The largest absolute Gasteiger partial charge is 0.492 e. The Morgan fingerprint density at radius 3 is 2.52 bits per heavy atom. The van der Waals surface area contributed by atoms with E-state index in [-0.39, 0.29) is 5.25 Å². The van der Waals surface area contributed by atoms with E-state index in [1.807, 2.05) is 41.1 Å². The zero-order chi connectivity index (χ0) is 17.6. The van der Waals surface area contributed by atoms with E-state index in [0.29, 0.717) is 22.4 Å². The molecule has 0 saturated heterocycles. The van der Waals surface area contributed by atoms with Crippen LogP contribution in [0.15, 0.2) is 66.1 Å². The van der Waals surface area contributed by atoms with Crippen LogP contribution in [0.3, 0.4) is 0 Å². The van der Waals surface area contributed by atoms with E-state index in [4.69, 9.17) is 39.5 Å². The van der Waals surface area contributed by atoms with Crippen LogP contribution in [0.4, 0.5) is 0 Å². The predicted octanol–water partition coefficient (Wildman–Crippen LogP) is 6.08. The van der Waals surface area contributed by atoms with Crippen LogP contribution >= 0.6 is 46.6 Å². The van der Waals surface area contributed by atoms with Crippen molar-refractivity contribution >= 4 is 46.6 Å². The number of hydrogen-bond donors (Lipinski definition) is 0. The molecule has 130 valence electrons. The van der Waals surface area contributed by atoms with E-state index in [1.54, 1.807) is 36.4 Å². The van der Waals surface area contributed by atoms with E-state index in [0.717, 1.165) is 16.5 Å². The number of halogens is 3. The third kappa shape index (κ3) is 5.58. The van der Waals surface area contributed by atoms with E-state index in [9.17, 15) is 0 Å². The second kappa shape index (κ2) is 8.86. The second-order valence-corrected chi connectivity index (χ2v) is 7.96. The maximum Gasteiger partial charge on any atom is 0.120 e. The molecule has 1 unspecified atom stereocenters. The summed E-state index contributed by atoms with van der Waals surface area (Å²) in [5.74, 6) is 0.696. The first-order valence-electron chi connectivity index (χ1n) is 7.56. The van der Waals surface area contributed by atoms with Crippen LogP contribution < -0.4 is 4.74 Å². The van der Waals surface area contributed by atoms with Gasteiger partial charge in [-0.25, -0.2) is 4.98 Å². The van der Waals surface area contributed by atoms with Crippen LogP contribution in [0.2, 0.25) is 15.1 Å². The summed E-state index contributed by atoms with van der Waals surface area (Å²) in [5.41, 5.74) is 0. The van der Waals surface area contributed by atoms with E-state index in [2.05, 4.69) is 4.98 Å². The minimum atomic E-state index is 0.185. The minimum Gasteiger partial charge on any atom is -0.492 e. The molecule has 3 nitrogen and oxygen atoms in total. The molecule has 0 spiro atoms. The van der Waals surface area contributed by atoms with Crippen molar-refractivity contribution in [2.45, 2.75) is 16.7 Å². The number of thioether (sulfide) groups is 1. The Labute approximate surface area is 165 Å². The lowest BCUT2D eigenvalue weighted by atomic mass is 10.3. The molecule has 0 radical (unpaired) electrons. The summed E-state index contributed by atoms with van der Waals surface area (Å²) < 4.78 is 7.96. The van der Waals surface area contributed by atoms with Crippen molar-refractivity contribution in [3.63, 3.8) is 0 Å². The molecule has 1 heterocycles. The van der Waals surface area contributed by atoms with Gasteiger partial charge in [0, 0.05) is 34.9 Å². The van der Waals surface area contributed by atoms with Gasteiger partial charge in [-0.2, -0.15) is 0 Å². The molecule has 0 saturated carbocycles. The Morgan fingerprint density at radius 2 is 1.84 bits per heavy atom. The van der Waals surface area contributed by atoms with Crippen molar-refractivity contribution < 1.29 is 4.74 Å². The molecule has 0 aliphatic carbocycles. The van der Waals surface area contributed by atoms with E-state index >= 15 is 0 Å². The summed E-state index contributed by atoms with van der Waals surface area (Å²) in [6, 6.07) is 13.1. The Hall–Kier alpha value is -1.33. The lowest BCUT2D eigenvalue weighted by Crippen LogP contribution is -2.20. The smallest absolute Gasteiger partial charge is 0.120 e. The monoisotopic (exact) mass is 412 g/mol. The molecule has 0 N–H and O–H groups in total. The number of benzene rings is 2.